The molecule has 168 valence electrons. The monoisotopic (exact) mass is 486 g/mol. The first-order chi connectivity index (χ1) is 13.8. The van der Waals surface area contributed by atoms with Gasteiger partial charge in [0.1, 0.15) is 0 Å². The van der Waals surface area contributed by atoms with E-state index in [1.165, 1.54) is 12.1 Å². The van der Waals surface area contributed by atoms with Crippen LogP contribution in [0.4, 0.5) is 9.59 Å². The van der Waals surface area contributed by atoms with Gasteiger partial charge in [-0.3, -0.25) is 0 Å². The van der Waals surface area contributed by atoms with Crippen LogP contribution >= 0.6 is 0 Å². The summed E-state index contributed by atoms with van der Waals surface area (Å²) in [6, 6.07) is 4.51. The Bertz CT molecular complexity index is 772. The number of hydrogen-bond donors (Lipinski definition) is 1. The first-order valence-corrected chi connectivity index (χ1v) is 11.1. The van der Waals surface area contributed by atoms with Crippen LogP contribution in [0.5, 0.6) is 11.5 Å². The number of aliphatic carboxylic acids is 1. The van der Waals surface area contributed by atoms with Crippen molar-refractivity contribution < 1.29 is 38.4 Å². The van der Waals surface area contributed by atoms with E-state index in [1.54, 1.807) is 33.8 Å². The van der Waals surface area contributed by atoms with Gasteiger partial charge in [0, 0.05) is 0 Å². The Morgan fingerprint density at radius 2 is 1.40 bits per heavy atom. The fourth-order valence-electron chi connectivity index (χ4n) is 2.00. The van der Waals surface area contributed by atoms with Crippen molar-refractivity contribution in [2.75, 3.05) is 0 Å². The number of rotatable bonds is 9. The van der Waals surface area contributed by atoms with Gasteiger partial charge in [-0.2, -0.15) is 0 Å². The summed E-state index contributed by atoms with van der Waals surface area (Å²) in [7, 11) is 0. The molecule has 0 heterocycles. The molecule has 0 spiro atoms. The minimum atomic E-state index is -0.957. The molecule has 0 radical (unpaired) electrons. The minimum absolute atomic E-state index is 0.0320. The molecule has 1 unspecified atom stereocenters. The number of carbonyl (C=O) groups is 3. The van der Waals surface area contributed by atoms with Crippen molar-refractivity contribution in [3.8, 4) is 11.5 Å². The first-order valence-electron chi connectivity index (χ1n) is 9.71. The number of hydrogen-bond acceptors (Lipinski definition) is 7. The van der Waals surface area contributed by atoms with Crippen LogP contribution in [-0.4, -0.2) is 51.4 Å². The Labute approximate surface area is 185 Å². The van der Waals surface area contributed by atoms with Gasteiger partial charge >= 0.3 is 186 Å². The molecular weight excluding hydrogens is 455 g/mol. The number of carbonyl (C=O) groups excluding carboxylic acids is 2. The fourth-order valence-corrected chi connectivity index (χ4v) is 2.57. The van der Waals surface area contributed by atoms with Crippen molar-refractivity contribution in [3.05, 3.63) is 23.8 Å². The molecule has 1 rings (SSSR count). The maximum atomic E-state index is 12.2. The summed E-state index contributed by atoms with van der Waals surface area (Å²) in [6.07, 6.45) is -0.514. The van der Waals surface area contributed by atoms with Crippen LogP contribution in [0.2, 0.25) is 4.71 Å². The molecule has 1 aromatic carbocycles. The average molecular weight is 486 g/mol. The molecule has 0 bridgehead atoms. The Balaban J connectivity index is 3.11. The molecule has 0 fully saturated rings. The molecule has 0 aliphatic rings. The van der Waals surface area contributed by atoms with E-state index in [4.69, 9.17) is 24.1 Å². The van der Waals surface area contributed by atoms with Crippen LogP contribution in [0.15, 0.2) is 18.2 Å². The van der Waals surface area contributed by atoms with Gasteiger partial charge < -0.3 is 0 Å². The number of benzene rings is 1. The third-order valence-electron chi connectivity index (χ3n) is 4.59. The molecule has 0 aliphatic heterocycles. The van der Waals surface area contributed by atoms with Gasteiger partial charge in [0.05, 0.1) is 0 Å². The third kappa shape index (κ3) is 8.66. The zero-order valence-electron chi connectivity index (χ0n) is 18.3. The molecule has 1 aromatic rings. The second-order valence-corrected chi connectivity index (χ2v) is 9.75. The van der Waals surface area contributed by atoms with Crippen molar-refractivity contribution >= 4 is 35.1 Å². The molecule has 0 aromatic heterocycles. The van der Waals surface area contributed by atoms with E-state index in [2.05, 4.69) is 0 Å². The van der Waals surface area contributed by atoms with Gasteiger partial charge in [-0.1, -0.05) is 0 Å². The van der Waals surface area contributed by atoms with E-state index in [1.807, 2.05) is 13.8 Å². The summed E-state index contributed by atoms with van der Waals surface area (Å²) < 4.78 is 20.5. The Hall–Kier alpha value is -2.21. The number of ether oxygens (including phenoxy) is 4. The summed E-state index contributed by atoms with van der Waals surface area (Å²) in [5, 5.41) is 9.14. The van der Waals surface area contributed by atoms with Crippen LogP contribution in [-0.2, 0) is 20.7 Å². The molecule has 0 saturated heterocycles. The van der Waals surface area contributed by atoms with Crippen LogP contribution in [0.25, 0.3) is 0 Å². The molecule has 0 saturated carbocycles. The molecule has 30 heavy (non-hydrogen) atoms. The number of carboxylic acid groups (broad SMARTS) is 1. The summed E-state index contributed by atoms with van der Waals surface area (Å²) in [5.41, 5.74) is -0.847. The summed E-state index contributed by atoms with van der Waals surface area (Å²) in [5.74, 6) is -1.01. The van der Waals surface area contributed by atoms with E-state index in [0.29, 0.717) is 18.4 Å². The van der Waals surface area contributed by atoms with Crippen LogP contribution in [0, 0.1) is 0 Å². The predicted octanol–water partition coefficient (Wildman–Crippen LogP) is 4.14. The van der Waals surface area contributed by atoms with Gasteiger partial charge in [0.25, 0.3) is 0 Å². The quantitative estimate of drug-likeness (QED) is 0.315. The Morgan fingerprint density at radius 1 is 0.933 bits per heavy atom. The SMILES string of the molecule is CCC(C)(C)OC(=O)Oc1ccc(C[C@H]([AsH2])C(=O)O)cc1OC(=O)OC(C)(C)CC. The van der Waals surface area contributed by atoms with Crippen molar-refractivity contribution in [2.24, 2.45) is 0 Å². The van der Waals surface area contributed by atoms with E-state index in [9.17, 15) is 14.4 Å². The molecule has 0 amide bonds. The average Bonchev–Trinajstić information content (AvgIpc) is 2.62. The zero-order chi connectivity index (χ0) is 23.1. The summed E-state index contributed by atoms with van der Waals surface area (Å²) in [4.78, 5) is 35.5. The second-order valence-electron chi connectivity index (χ2n) is 8.06. The molecule has 1 N–H and O–H groups in total. The maximum absolute atomic E-state index is 12.2. The van der Waals surface area contributed by atoms with E-state index in [-0.39, 0.29) is 17.9 Å². The van der Waals surface area contributed by atoms with Gasteiger partial charge in [0.15, 0.2) is 0 Å². The molecule has 2 atom stereocenters. The van der Waals surface area contributed by atoms with Gasteiger partial charge in [-0.25, -0.2) is 0 Å². The van der Waals surface area contributed by atoms with Gasteiger partial charge in [-0.15, -0.1) is 0 Å². The fraction of sp³-hybridized carbons (Fsp3) is 0.571. The topological polar surface area (TPSA) is 108 Å². The first kappa shape index (κ1) is 25.8. The second kappa shape index (κ2) is 10.7. The van der Waals surface area contributed by atoms with Gasteiger partial charge in [0.2, 0.25) is 0 Å². The van der Waals surface area contributed by atoms with Crippen molar-refractivity contribution in [2.45, 2.75) is 76.7 Å². The predicted molar refractivity (Wildman–Crippen MR) is 113 cm³/mol. The summed E-state index contributed by atoms with van der Waals surface area (Å²) in [6.45, 7) is 10.7. The summed E-state index contributed by atoms with van der Waals surface area (Å²) >= 11 is 1.06. The van der Waals surface area contributed by atoms with Crippen LogP contribution in [0.1, 0.15) is 59.9 Å². The van der Waals surface area contributed by atoms with E-state index < -0.39 is 34.2 Å². The molecule has 0 aliphatic carbocycles. The standard InChI is InChI=1S/C21H31AsO8/c1-7-20(3,4)29-18(25)27-15-10-9-13(11-14(22)17(23)24)12-16(15)28-19(26)30-21(5,6)8-2/h9-10,12,14H,7-8,11,22H2,1-6H3,(H,23,24)/t14-/m0/s1. The van der Waals surface area contributed by atoms with Crippen LogP contribution in [0.3, 0.4) is 0 Å². The van der Waals surface area contributed by atoms with Crippen molar-refractivity contribution in [3.63, 3.8) is 0 Å². The molecule has 8 nitrogen and oxygen atoms in total. The van der Waals surface area contributed by atoms with E-state index >= 15 is 0 Å². The molecule has 9 heteroatoms. The van der Waals surface area contributed by atoms with Crippen molar-refractivity contribution in [1.29, 1.82) is 0 Å². The van der Waals surface area contributed by atoms with E-state index in [0.717, 1.165) is 16.9 Å². The van der Waals surface area contributed by atoms with Crippen LogP contribution < -0.4 is 9.47 Å². The molecular formula is C21H31AsO8. The third-order valence-corrected chi connectivity index (χ3v) is 5.68. The number of carboxylic acids is 1. The van der Waals surface area contributed by atoms with Gasteiger partial charge in [-0.05, 0) is 0 Å². The Kier molecular flexibility index (Phi) is 9.22. The normalized spacial score (nSPS) is 12.6. The Morgan fingerprint density at radius 3 is 1.83 bits per heavy atom. The van der Waals surface area contributed by atoms with Crippen molar-refractivity contribution in [1.82, 2.24) is 0 Å². The zero-order valence-corrected chi connectivity index (χ0v) is 20.7.